The van der Waals surface area contributed by atoms with Gasteiger partial charge in [0.1, 0.15) is 0 Å². The van der Waals surface area contributed by atoms with Crippen LogP contribution in [0.3, 0.4) is 0 Å². The van der Waals surface area contributed by atoms with Gasteiger partial charge in [0.15, 0.2) is 0 Å². The van der Waals surface area contributed by atoms with Gasteiger partial charge >= 0.3 is 0 Å². The fraction of sp³-hybridized carbons (Fsp3) is 1.00. The van der Waals surface area contributed by atoms with Crippen molar-refractivity contribution in [3.05, 3.63) is 0 Å². The second kappa shape index (κ2) is 5.28. The number of likely N-dealkylation sites (N-methyl/N-ethyl adjacent to an activating group) is 1. The number of nitrogens with one attached hydrogen (secondary N) is 1. The van der Waals surface area contributed by atoms with Gasteiger partial charge in [-0.05, 0) is 33.4 Å². The summed E-state index contributed by atoms with van der Waals surface area (Å²) in [7, 11) is 2.06. The third kappa shape index (κ3) is 2.92. The summed E-state index contributed by atoms with van der Waals surface area (Å²) in [6.07, 6.45) is 4.28. The zero-order chi connectivity index (χ0) is 10.7. The van der Waals surface area contributed by atoms with E-state index < -0.39 is 0 Å². The molecule has 0 aromatic rings. The second-order valence-corrected chi connectivity index (χ2v) is 5.13. The van der Waals surface area contributed by atoms with Gasteiger partial charge in [-0.25, -0.2) is 0 Å². The van der Waals surface area contributed by atoms with Crippen molar-refractivity contribution in [2.45, 2.75) is 38.3 Å². The Kier molecular flexibility index (Phi) is 4.00. The van der Waals surface area contributed by atoms with Gasteiger partial charge in [-0.1, -0.05) is 6.42 Å². The lowest BCUT2D eigenvalue weighted by Crippen LogP contribution is -2.56. The number of fused-ring (bicyclic) bond motifs is 1. The molecule has 0 aromatic carbocycles. The Hall–Kier alpha value is -0.120. The van der Waals surface area contributed by atoms with E-state index in [-0.39, 0.29) is 0 Å². The van der Waals surface area contributed by atoms with Crippen molar-refractivity contribution in [2.24, 2.45) is 0 Å². The maximum atomic E-state index is 3.33. The third-order valence-corrected chi connectivity index (χ3v) is 3.95. The van der Waals surface area contributed by atoms with Crippen LogP contribution in [0.25, 0.3) is 0 Å². The normalized spacial score (nSPS) is 31.2. The van der Waals surface area contributed by atoms with Crippen molar-refractivity contribution in [2.75, 3.05) is 39.8 Å². The van der Waals surface area contributed by atoms with E-state index in [4.69, 9.17) is 0 Å². The summed E-state index contributed by atoms with van der Waals surface area (Å²) >= 11 is 0. The molecule has 3 nitrogen and oxygen atoms in total. The first kappa shape index (κ1) is 11.4. The van der Waals surface area contributed by atoms with Crippen molar-refractivity contribution >= 4 is 0 Å². The smallest absolute Gasteiger partial charge is 0.0223 e. The molecule has 0 aromatic heterocycles. The number of piperazine rings is 1. The first-order chi connectivity index (χ1) is 7.29. The predicted octanol–water partition coefficient (Wildman–Crippen LogP) is 0.764. The molecule has 0 amide bonds. The summed E-state index contributed by atoms with van der Waals surface area (Å²) in [6.45, 7) is 8.68. The van der Waals surface area contributed by atoms with E-state index in [9.17, 15) is 0 Å². The van der Waals surface area contributed by atoms with Gasteiger partial charge in [-0.3, -0.25) is 9.80 Å². The molecule has 3 heteroatoms. The van der Waals surface area contributed by atoms with Crippen LogP contribution in [0.1, 0.15) is 26.2 Å². The molecule has 2 fully saturated rings. The van der Waals surface area contributed by atoms with Crippen molar-refractivity contribution < 1.29 is 0 Å². The molecular formula is C12H25N3. The number of rotatable bonds is 3. The molecule has 88 valence electrons. The molecule has 0 aliphatic carbocycles. The Morgan fingerprint density at radius 1 is 1.27 bits per heavy atom. The molecule has 0 bridgehead atoms. The summed E-state index contributed by atoms with van der Waals surface area (Å²) < 4.78 is 0. The van der Waals surface area contributed by atoms with Gasteiger partial charge in [0.2, 0.25) is 0 Å². The first-order valence-corrected chi connectivity index (χ1v) is 6.43. The molecule has 2 saturated heterocycles. The topological polar surface area (TPSA) is 18.5 Å². The van der Waals surface area contributed by atoms with Crippen LogP contribution >= 0.6 is 0 Å². The lowest BCUT2D eigenvalue weighted by molar-refractivity contribution is 0.0461. The molecule has 2 unspecified atom stereocenters. The number of piperidine rings is 1. The minimum atomic E-state index is 0.625. The highest BCUT2D eigenvalue weighted by atomic mass is 15.3. The largest absolute Gasteiger partial charge is 0.316 e. The van der Waals surface area contributed by atoms with Crippen molar-refractivity contribution in [3.8, 4) is 0 Å². The number of hydrogen-bond acceptors (Lipinski definition) is 3. The summed E-state index contributed by atoms with van der Waals surface area (Å²) in [5, 5.41) is 3.33. The average Bonchev–Trinajstić information content (AvgIpc) is 2.29. The highest BCUT2D eigenvalue weighted by Gasteiger charge is 2.28. The van der Waals surface area contributed by atoms with Crippen LogP contribution in [0.15, 0.2) is 0 Å². The zero-order valence-corrected chi connectivity index (χ0v) is 10.2. The van der Waals surface area contributed by atoms with Crippen LogP contribution in [0.5, 0.6) is 0 Å². The van der Waals surface area contributed by atoms with Gasteiger partial charge in [-0.15, -0.1) is 0 Å². The van der Waals surface area contributed by atoms with E-state index in [2.05, 4.69) is 29.1 Å². The van der Waals surface area contributed by atoms with Crippen molar-refractivity contribution in [3.63, 3.8) is 0 Å². The molecule has 2 atom stereocenters. The lowest BCUT2D eigenvalue weighted by Gasteiger charge is -2.44. The standard InChI is InChI=1S/C12H25N3/c1-11(13-2)9-14-7-8-15-6-4-3-5-12(15)10-14/h11-13H,3-10H2,1-2H3. The van der Waals surface area contributed by atoms with Gasteiger partial charge in [0.25, 0.3) is 0 Å². The molecule has 2 aliphatic rings. The number of nitrogens with zero attached hydrogens (tertiary/aromatic N) is 2. The minimum absolute atomic E-state index is 0.625. The Morgan fingerprint density at radius 3 is 2.93 bits per heavy atom. The van der Waals surface area contributed by atoms with E-state index in [1.165, 1.54) is 52.0 Å². The van der Waals surface area contributed by atoms with Gasteiger partial charge in [0.05, 0.1) is 0 Å². The van der Waals surface area contributed by atoms with Crippen LogP contribution in [-0.2, 0) is 0 Å². The molecule has 1 N–H and O–H groups in total. The highest BCUT2D eigenvalue weighted by molar-refractivity contribution is 4.85. The third-order valence-electron chi connectivity index (χ3n) is 3.95. The Morgan fingerprint density at radius 2 is 2.13 bits per heavy atom. The lowest BCUT2D eigenvalue weighted by atomic mass is 9.99. The molecule has 2 rings (SSSR count). The molecule has 2 heterocycles. The fourth-order valence-electron chi connectivity index (χ4n) is 2.86. The molecule has 2 aliphatic heterocycles. The van der Waals surface area contributed by atoms with E-state index in [0.717, 1.165) is 6.04 Å². The monoisotopic (exact) mass is 211 g/mol. The maximum absolute atomic E-state index is 3.33. The molecule has 0 saturated carbocycles. The molecular weight excluding hydrogens is 186 g/mol. The maximum Gasteiger partial charge on any atom is 0.0223 e. The van der Waals surface area contributed by atoms with Crippen LogP contribution in [0, 0.1) is 0 Å². The van der Waals surface area contributed by atoms with Crippen molar-refractivity contribution in [1.29, 1.82) is 0 Å². The van der Waals surface area contributed by atoms with E-state index >= 15 is 0 Å². The van der Waals surface area contributed by atoms with Crippen LogP contribution in [-0.4, -0.2) is 61.7 Å². The molecule has 0 radical (unpaired) electrons. The van der Waals surface area contributed by atoms with E-state index in [1.807, 2.05) is 0 Å². The van der Waals surface area contributed by atoms with Crippen LogP contribution < -0.4 is 5.32 Å². The van der Waals surface area contributed by atoms with E-state index in [1.54, 1.807) is 0 Å². The van der Waals surface area contributed by atoms with Crippen LogP contribution in [0.4, 0.5) is 0 Å². The average molecular weight is 211 g/mol. The second-order valence-electron chi connectivity index (χ2n) is 5.13. The van der Waals surface area contributed by atoms with E-state index in [0.29, 0.717) is 6.04 Å². The fourth-order valence-corrected chi connectivity index (χ4v) is 2.86. The summed E-state index contributed by atoms with van der Waals surface area (Å²) in [5.41, 5.74) is 0. The van der Waals surface area contributed by atoms with Crippen LogP contribution in [0.2, 0.25) is 0 Å². The zero-order valence-electron chi connectivity index (χ0n) is 10.2. The Labute approximate surface area is 93.8 Å². The number of hydrogen-bond donors (Lipinski definition) is 1. The van der Waals surface area contributed by atoms with Crippen molar-refractivity contribution in [1.82, 2.24) is 15.1 Å². The van der Waals surface area contributed by atoms with Gasteiger partial charge < -0.3 is 5.32 Å². The Bertz CT molecular complexity index is 195. The molecule has 15 heavy (non-hydrogen) atoms. The molecule has 0 spiro atoms. The minimum Gasteiger partial charge on any atom is -0.316 e. The first-order valence-electron chi connectivity index (χ1n) is 6.43. The van der Waals surface area contributed by atoms with Gasteiger partial charge in [0, 0.05) is 38.3 Å². The summed E-state index contributed by atoms with van der Waals surface area (Å²) in [5.74, 6) is 0. The predicted molar refractivity (Wildman–Crippen MR) is 64.2 cm³/mol. The quantitative estimate of drug-likeness (QED) is 0.744. The summed E-state index contributed by atoms with van der Waals surface area (Å²) in [4.78, 5) is 5.33. The Balaban J connectivity index is 1.80. The SMILES string of the molecule is CNC(C)CN1CCN2CCCCC2C1. The summed E-state index contributed by atoms with van der Waals surface area (Å²) in [6, 6.07) is 1.48. The van der Waals surface area contributed by atoms with Gasteiger partial charge in [-0.2, -0.15) is 0 Å². The highest BCUT2D eigenvalue weighted by Crippen LogP contribution is 2.20.